The third kappa shape index (κ3) is 1.48. The highest BCUT2D eigenvalue weighted by atomic mass is 19.3. The second-order valence-corrected chi connectivity index (χ2v) is 4.58. The molecule has 1 saturated heterocycles. The van der Waals surface area contributed by atoms with Gasteiger partial charge in [-0.2, -0.15) is 0 Å². The van der Waals surface area contributed by atoms with E-state index in [0.29, 0.717) is 11.2 Å². The molecule has 1 aliphatic heterocycles. The minimum Gasteiger partial charge on any atom is -0.355 e. The molecule has 80 valence electrons. The maximum atomic E-state index is 12.4. The van der Waals surface area contributed by atoms with Gasteiger partial charge in [0.1, 0.15) is 11.5 Å². The van der Waals surface area contributed by atoms with Crippen LogP contribution in [0.15, 0.2) is 18.2 Å². The maximum Gasteiger partial charge on any atom is 0.280 e. The van der Waals surface area contributed by atoms with Crippen molar-refractivity contribution in [2.75, 3.05) is 18.0 Å². The van der Waals surface area contributed by atoms with E-state index >= 15 is 0 Å². The first-order valence-electron chi connectivity index (χ1n) is 5.19. The molecule has 0 bridgehead atoms. The summed E-state index contributed by atoms with van der Waals surface area (Å²) in [7, 11) is 0. The summed E-state index contributed by atoms with van der Waals surface area (Å²) >= 11 is 0. The number of hydrogen-bond donors (Lipinski definition) is 0. The van der Waals surface area contributed by atoms with E-state index in [4.69, 9.17) is 0 Å². The van der Waals surface area contributed by atoms with Crippen LogP contribution >= 0.6 is 0 Å². The van der Waals surface area contributed by atoms with Crippen LogP contribution in [0.2, 0.25) is 0 Å². The summed E-state index contributed by atoms with van der Waals surface area (Å²) < 4.78 is 24.8. The van der Waals surface area contributed by atoms with Gasteiger partial charge < -0.3 is 4.90 Å². The minimum atomic E-state index is -2.47. The lowest BCUT2D eigenvalue weighted by atomic mass is 9.97. The monoisotopic (exact) mass is 210 g/mol. The van der Waals surface area contributed by atoms with Gasteiger partial charge in [-0.3, -0.25) is 0 Å². The zero-order valence-electron chi connectivity index (χ0n) is 8.29. The number of nitrogens with zero attached hydrogens (tertiary/aromatic N) is 2. The first-order chi connectivity index (χ1) is 7.19. The highest BCUT2D eigenvalue weighted by Gasteiger charge is 2.52. The van der Waals surface area contributed by atoms with Gasteiger partial charge in [0.2, 0.25) is 0 Å². The van der Waals surface area contributed by atoms with E-state index in [-0.39, 0.29) is 5.69 Å². The average molecular weight is 210 g/mol. The first-order valence-corrected chi connectivity index (χ1v) is 5.19. The van der Waals surface area contributed by atoms with Crippen LogP contribution in [0.3, 0.4) is 0 Å². The Bertz CT molecular complexity index is 380. The lowest BCUT2D eigenvalue weighted by molar-refractivity contribution is 0.146. The second-order valence-electron chi connectivity index (χ2n) is 4.58. The van der Waals surface area contributed by atoms with E-state index in [1.807, 2.05) is 0 Å². The highest BCUT2D eigenvalue weighted by molar-refractivity contribution is 5.45. The predicted octanol–water partition coefficient (Wildman–Crippen LogP) is 2.62. The van der Waals surface area contributed by atoms with Gasteiger partial charge in [-0.05, 0) is 25.0 Å². The summed E-state index contributed by atoms with van der Waals surface area (Å²) in [5.41, 5.74) is 0.409. The van der Waals surface area contributed by atoms with Crippen LogP contribution in [-0.2, 0) is 0 Å². The molecule has 2 heterocycles. The van der Waals surface area contributed by atoms with E-state index in [9.17, 15) is 8.78 Å². The molecule has 1 aromatic heterocycles. The van der Waals surface area contributed by atoms with Crippen molar-refractivity contribution in [2.45, 2.75) is 19.3 Å². The Morgan fingerprint density at radius 3 is 2.60 bits per heavy atom. The quantitative estimate of drug-likeness (QED) is 0.746. The summed E-state index contributed by atoms with van der Waals surface area (Å²) in [4.78, 5) is 6.05. The topological polar surface area (TPSA) is 16.1 Å². The average Bonchev–Trinajstić information content (AvgIpc) is 2.95. The zero-order chi connectivity index (χ0) is 10.5. The molecule has 0 unspecified atom stereocenters. The lowest BCUT2D eigenvalue weighted by Crippen LogP contribution is -2.48. The Labute approximate surface area is 86.9 Å². The third-order valence-electron chi connectivity index (χ3n) is 3.31. The van der Waals surface area contributed by atoms with Crippen LogP contribution in [0.5, 0.6) is 0 Å². The van der Waals surface area contributed by atoms with Crippen molar-refractivity contribution in [1.82, 2.24) is 4.98 Å². The van der Waals surface area contributed by atoms with Crippen LogP contribution < -0.4 is 4.90 Å². The molecule has 2 fully saturated rings. The molecule has 1 saturated carbocycles. The standard InChI is InChI=1S/C11H12F2N2/c12-10(13)8-2-1-3-9(14-8)15-6-11(7-15)4-5-11/h1-3,10H,4-7H2. The molecule has 3 rings (SSSR count). The lowest BCUT2D eigenvalue weighted by Gasteiger charge is -2.41. The number of halogens is 2. The minimum absolute atomic E-state index is 0.121. The summed E-state index contributed by atoms with van der Waals surface area (Å²) in [5.74, 6) is 0.699. The van der Waals surface area contributed by atoms with Gasteiger partial charge in [0.15, 0.2) is 0 Å². The summed E-state index contributed by atoms with van der Waals surface area (Å²) in [6.45, 7) is 1.99. The summed E-state index contributed by atoms with van der Waals surface area (Å²) in [6, 6.07) is 4.84. The molecule has 0 atom stereocenters. The highest BCUT2D eigenvalue weighted by Crippen LogP contribution is 2.53. The molecule has 4 heteroatoms. The van der Waals surface area contributed by atoms with E-state index in [2.05, 4.69) is 9.88 Å². The predicted molar refractivity (Wildman–Crippen MR) is 53.1 cm³/mol. The molecule has 15 heavy (non-hydrogen) atoms. The fraction of sp³-hybridized carbons (Fsp3) is 0.545. The first kappa shape index (κ1) is 9.07. The number of alkyl halides is 2. The van der Waals surface area contributed by atoms with Gasteiger partial charge in [0, 0.05) is 18.5 Å². The molecular formula is C11H12F2N2. The molecule has 0 amide bonds. The van der Waals surface area contributed by atoms with Gasteiger partial charge in [0.05, 0.1) is 0 Å². The van der Waals surface area contributed by atoms with Crippen LogP contribution in [0, 0.1) is 5.41 Å². The van der Waals surface area contributed by atoms with Crippen LogP contribution in [-0.4, -0.2) is 18.1 Å². The van der Waals surface area contributed by atoms with Crippen molar-refractivity contribution in [3.05, 3.63) is 23.9 Å². The largest absolute Gasteiger partial charge is 0.355 e. The fourth-order valence-electron chi connectivity index (χ4n) is 2.16. The van der Waals surface area contributed by atoms with Crippen LogP contribution in [0.4, 0.5) is 14.6 Å². The maximum absolute atomic E-state index is 12.4. The van der Waals surface area contributed by atoms with Crippen molar-refractivity contribution < 1.29 is 8.78 Å². The fourth-order valence-corrected chi connectivity index (χ4v) is 2.16. The van der Waals surface area contributed by atoms with E-state index < -0.39 is 6.43 Å². The Balaban J connectivity index is 1.77. The summed E-state index contributed by atoms with van der Waals surface area (Å²) in [6.07, 6.45) is 0.108. The van der Waals surface area contributed by atoms with Crippen LogP contribution in [0.1, 0.15) is 25.0 Å². The van der Waals surface area contributed by atoms with E-state index in [1.54, 1.807) is 12.1 Å². The van der Waals surface area contributed by atoms with Crippen molar-refractivity contribution >= 4 is 5.82 Å². The van der Waals surface area contributed by atoms with Crippen molar-refractivity contribution in [1.29, 1.82) is 0 Å². The second kappa shape index (κ2) is 2.90. The normalized spacial score (nSPS) is 21.9. The number of aromatic nitrogens is 1. The number of hydrogen-bond acceptors (Lipinski definition) is 2. The smallest absolute Gasteiger partial charge is 0.280 e. The zero-order valence-corrected chi connectivity index (χ0v) is 8.29. The molecule has 2 nitrogen and oxygen atoms in total. The Morgan fingerprint density at radius 1 is 1.27 bits per heavy atom. The molecule has 1 spiro atoms. The molecule has 2 aliphatic rings. The Hall–Kier alpha value is -1.19. The number of rotatable bonds is 2. The van der Waals surface area contributed by atoms with Crippen molar-refractivity contribution in [3.8, 4) is 0 Å². The van der Waals surface area contributed by atoms with Crippen molar-refractivity contribution in [3.63, 3.8) is 0 Å². The molecule has 0 radical (unpaired) electrons. The van der Waals surface area contributed by atoms with Gasteiger partial charge >= 0.3 is 0 Å². The molecule has 0 N–H and O–H groups in total. The Kier molecular flexibility index (Phi) is 1.75. The van der Waals surface area contributed by atoms with E-state index in [1.165, 1.54) is 18.9 Å². The molecule has 1 aromatic rings. The van der Waals surface area contributed by atoms with Gasteiger partial charge in [0.25, 0.3) is 6.43 Å². The summed E-state index contributed by atoms with van der Waals surface area (Å²) in [5, 5.41) is 0. The molecule has 0 aromatic carbocycles. The van der Waals surface area contributed by atoms with Gasteiger partial charge in [-0.15, -0.1) is 0 Å². The molecular weight excluding hydrogens is 198 g/mol. The van der Waals surface area contributed by atoms with Gasteiger partial charge in [-0.25, -0.2) is 13.8 Å². The SMILES string of the molecule is FC(F)c1cccc(N2CC3(CC3)C2)n1. The van der Waals surface area contributed by atoms with E-state index in [0.717, 1.165) is 13.1 Å². The van der Waals surface area contributed by atoms with Gasteiger partial charge in [-0.1, -0.05) is 6.07 Å². The Morgan fingerprint density at radius 2 is 2.00 bits per heavy atom. The molecule has 1 aliphatic carbocycles. The van der Waals surface area contributed by atoms with Crippen LogP contribution in [0.25, 0.3) is 0 Å². The number of anilines is 1. The van der Waals surface area contributed by atoms with Crippen molar-refractivity contribution in [2.24, 2.45) is 5.41 Å². The third-order valence-corrected chi connectivity index (χ3v) is 3.31. The number of pyridine rings is 1.